The second-order valence-electron chi connectivity index (χ2n) is 8.77. The number of benzene rings is 2. The Morgan fingerprint density at radius 3 is 2.14 bits per heavy atom. The molecule has 8 nitrogen and oxygen atoms in total. The van der Waals surface area contributed by atoms with Crippen molar-refractivity contribution in [2.45, 2.75) is 58.7 Å². The average molecular weight is 480 g/mol. The predicted molar refractivity (Wildman–Crippen MR) is 132 cm³/mol. The molecule has 0 spiro atoms. The van der Waals surface area contributed by atoms with Gasteiger partial charge in [0.15, 0.2) is 0 Å². The summed E-state index contributed by atoms with van der Waals surface area (Å²) in [5.41, 5.74) is 1.64. The predicted octanol–water partition coefficient (Wildman–Crippen LogP) is 3.40. The van der Waals surface area contributed by atoms with Crippen molar-refractivity contribution >= 4 is 23.6 Å². The molecule has 2 aromatic rings. The maximum atomic E-state index is 13.3. The first-order valence-corrected chi connectivity index (χ1v) is 11.9. The summed E-state index contributed by atoms with van der Waals surface area (Å²) < 4.78 is 5.20. The Hall–Kier alpha value is -3.68. The van der Waals surface area contributed by atoms with E-state index in [1.807, 2.05) is 38.1 Å². The van der Waals surface area contributed by atoms with Crippen LogP contribution in [0.15, 0.2) is 48.5 Å². The molecule has 0 saturated carbocycles. The van der Waals surface area contributed by atoms with Crippen LogP contribution >= 0.6 is 0 Å². The standard InChI is InChI=1S/C27H33N3O5/c1-5-18(2)28-25(32)19(3)30(17-20-12-14-21(35-4)15-13-20)24(31)11-8-16-29-26(33)22-9-6-7-10-23(22)27(29)34/h6-7,9-10,12-15,18-19H,5,8,11,16-17H2,1-4H3,(H,28,32)/t18-,19-/m1/s1. The summed E-state index contributed by atoms with van der Waals surface area (Å²) in [6.07, 6.45) is 1.19. The molecule has 3 rings (SSSR count). The molecule has 8 heteroatoms. The van der Waals surface area contributed by atoms with Crippen LogP contribution in [0.4, 0.5) is 0 Å². The van der Waals surface area contributed by atoms with Crippen LogP contribution in [0.25, 0.3) is 0 Å². The molecule has 2 atom stereocenters. The van der Waals surface area contributed by atoms with E-state index in [0.717, 1.165) is 12.0 Å². The number of methoxy groups -OCH3 is 1. The van der Waals surface area contributed by atoms with Gasteiger partial charge < -0.3 is 15.0 Å². The molecule has 35 heavy (non-hydrogen) atoms. The van der Waals surface area contributed by atoms with Gasteiger partial charge in [0, 0.05) is 25.6 Å². The minimum atomic E-state index is -0.682. The monoisotopic (exact) mass is 479 g/mol. The quantitative estimate of drug-likeness (QED) is 0.499. The smallest absolute Gasteiger partial charge is 0.261 e. The van der Waals surface area contributed by atoms with Crippen molar-refractivity contribution in [3.63, 3.8) is 0 Å². The molecule has 1 heterocycles. The largest absolute Gasteiger partial charge is 0.497 e. The first kappa shape index (κ1) is 25.9. The van der Waals surface area contributed by atoms with Crippen LogP contribution < -0.4 is 10.1 Å². The average Bonchev–Trinajstić information content (AvgIpc) is 3.11. The fraction of sp³-hybridized carbons (Fsp3) is 0.407. The molecule has 2 aromatic carbocycles. The number of amides is 4. The SMILES string of the molecule is CC[C@@H](C)NC(=O)[C@@H](C)N(Cc1ccc(OC)cc1)C(=O)CCCN1C(=O)c2ccccc2C1=O. The van der Waals surface area contributed by atoms with Crippen molar-refractivity contribution in [3.05, 3.63) is 65.2 Å². The van der Waals surface area contributed by atoms with Gasteiger partial charge in [-0.05, 0) is 56.5 Å². The molecule has 186 valence electrons. The van der Waals surface area contributed by atoms with Gasteiger partial charge in [-0.2, -0.15) is 0 Å². The Morgan fingerprint density at radius 2 is 1.60 bits per heavy atom. The van der Waals surface area contributed by atoms with Crippen LogP contribution in [0, 0.1) is 0 Å². The van der Waals surface area contributed by atoms with Crippen LogP contribution in [0.5, 0.6) is 5.75 Å². The fourth-order valence-corrected chi connectivity index (χ4v) is 3.95. The third kappa shape index (κ3) is 6.07. The molecule has 0 aromatic heterocycles. The second kappa shape index (κ2) is 11.6. The van der Waals surface area contributed by atoms with Gasteiger partial charge in [0.2, 0.25) is 11.8 Å². The zero-order valence-electron chi connectivity index (χ0n) is 20.7. The Labute approximate surface area is 206 Å². The summed E-state index contributed by atoms with van der Waals surface area (Å²) in [5.74, 6) is -0.412. The van der Waals surface area contributed by atoms with Crippen molar-refractivity contribution in [3.8, 4) is 5.75 Å². The van der Waals surface area contributed by atoms with Crippen molar-refractivity contribution in [1.82, 2.24) is 15.1 Å². The Balaban J connectivity index is 1.67. The van der Waals surface area contributed by atoms with Crippen molar-refractivity contribution in [1.29, 1.82) is 0 Å². The summed E-state index contributed by atoms with van der Waals surface area (Å²) in [7, 11) is 1.58. The van der Waals surface area contributed by atoms with E-state index < -0.39 is 6.04 Å². The Kier molecular flexibility index (Phi) is 8.63. The molecule has 0 bridgehead atoms. The van der Waals surface area contributed by atoms with E-state index in [4.69, 9.17) is 4.74 Å². The lowest BCUT2D eigenvalue weighted by atomic mass is 10.1. The van der Waals surface area contributed by atoms with Gasteiger partial charge in [-0.25, -0.2) is 0 Å². The summed E-state index contributed by atoms with van der Waals surface area (Å²) in [6, 6.07) is 13.4. The molecule has 1 N–H and O–H groups in total. The first-order valence-electron chi connectivity index (χ1n) is 11.9. The lowest BCUT2D eigenvalue weighted by Crippen LogP contribution is -2.49. The highest BCUT2D eigenvalue weighted by Gasteiger charge is 2.35. The lowest BCUT2D eigenvalue weighted by molar-refractivity contribution is -0.141. The molecule has 0 saturated heterocycles. The van der Waals surface area contributed by atoms with Crippen LogP contribution in [0.3, 0.4) is 0 Å². The highest BCUT2D eigenvalue weighted by Crippen LogP contribution is 2.23. The van der Waals surface area contributed by atoms with E-state index in [1.165, 1.54) is 4.90 Å². The number of rotatable bonds is 11. The molecular weight excluding hydrogens is 446 g/mol. The van der Waals surface area contributed by atoms with Gasteiger partial charge in [-0.3, -0.25) is 24.1 Å². The minimum Gasteiger partial charge on any atom is -0.497 e. The minimum absolute atomic E-state index is 0.00304. The summed E-state index contributed by atoms with van der Waals surface area (Å²) >= 11 is 0. The summed E-state index contributed by atoms with van der Waals surface area (Å²) in [6.45, 7) is 6.01. The normalized spacial score (nSPS) is 14.3. The highest BCUT2D eigenvalue weighted by molar-refractivity contribution is 6.21. The summed E-state index contributed by atoms with van der Waals surface area (Å²) in [4.78, 5) is 54.0. The molecule has 0 unspecified atom stereocenters. The van der Waals surface area contributed by atoms with Crippen molar-refractivity contribution < 1.29 is 23.9 Å². The van der Waals surface area contributed by atoms with E-state index >= 15 is 0 Å². The molecule has 0 aliphatic carbocycles. The van der Waals surface area contributed by atoms with Gasteiger partial charge in [-0.1, -0.05) is 31.2 Å². The topological polar surface area (TPSA) is 96.0 Å². The molecule has 0 fully saturated rings. The lowest BCUT2D eigenvalue weighted by Gasteiger charge is -2.30. The van der Waals surface area contributed by atoms with E-state index in [9.17, 15) is 19.2 Å². The number of nitrogens with zero attached hydrogens (tertiary/aromatic N) is 2. The number of nitrogens with one attached hydrogen (secondary N) is 1. The third-order valence-corrected chi connectivity index (χ3v) is 6.33. The maximum absolute atomic E-state index is 13.3. The number of ether oxygens (including phenoxy) is 1. The number of carbonyl (C=O) groups is 4. The number of carbonyl (C=O) groups excluding carboxylic acids is 4. The molecular formula is C27H33N3O5. The van der Waals surface area contributed by atoms with E-state index in [2.05, 4.69) is 5.32 Å². The van der Waals surface area contributed by atoms with Crippen LogP contribution in [-0.4, -0.2) is 59.2 Å². The van der Waals surface area contributed by atoms with E-state index in [-0.39, 0.29) is 49.2 Å². The van der Waals surface area contributed by atoms with Crippen LogP contribution in [0.1, 0.15) is 66.3 Å². The number of hydrogen-bond acceptors (Lipinski definition) is 5. The number of hydrogen-bond donors (Lipinski definition) is 1. The zero-order chi connectivity index (χ0) is 25.5. The molecule has 1 aliphatic heterocycles. The van der Waals surface area contributed by atoms with Gasteiger partial charge in [0.25, 0.3) is 11.8 Å². The van der Waals surface area contributed by atoms with Gasteiger partial charge >= 0.3 is 0 Å². The van der Waals surface area contributed by atoms with Gasteiger partial charge in [-0.15, -0.1) is 0 Å². The molecule has 0 radical (unpaired) electrons. The Morgan fingerprint density at radius 1 is 1.00 bits per heavy atom. The third-order valence-electron chi connectivity index (χ3n) is 6.33. The Bertz CT molecular complexity index is 1050. The van der Waals surface area contributed by atoms with Crippen molar-refractivity contribution in [2.24, 2.45) is 0 Å². The number of fused-ring (bicyclic) bond motifs is 1. The molecule has 1 aliphatic rings. The van der Waals surface area contributed by atoms with E-state index in [1.54, 1.807) is 43.2 Å². The van der Waals surface area contributed by atoms with Crippen LogP contribution in [-0.2, 0) is 16.1 Å². The first-order chi connectivity index (χ1) is 16.8. The maximum Gasteiger partial charge on any atom is 0.261 e. The van der Waals surface area contributed by atoms with Crippen LogP contribution in [0.2, 0.25) is 0 Å². The van der Waals surface area contributed by atoms with Gasteiger partial charge in [0.1, 0.15) is 11.8 Å². The number of imide groups is 1. The fourth-order valence-electron chi connectivity index (χ4n) is 3.95. The van der Waals surface area contributed by atoms with E-state index in [0.29, 0.717) is 23.3 Å². The van der Waals surface area contributed by atoms with Gasteiger partial charge in [0.05, 0.1) is 18.2 Å². The zero-order valence-corrected chi connectivity index (χ0v) is 20.7. The summed E-state index contributed by atoms with van der Waals surface area (Å²) in [5, 5.41) is 2.94. The second-order valence-corrected chi connectivity index (χ2v) is 8.77. The molecule has 4 amide bonds. The highest BCUT2D eigenvalue weighted by atomic mass is 16.5. The van der Waals surface area contributed by atoms with Crippen molar-refractivity contribution in [2.75, 3.05) is 13.7 Å².